The van der Waals surface area contributed by atoms with Crippen LogP contribution in [0.4, 0.5) is 0 Å². The minimum atomic E-state index is 0.257. The molecule has 1 aromatic heterocycles. The Labute approximate surface area is 107 Å². The highest BCUT2D eigenvalue weighted by atomic mass is 32.1. The van der Waals surface area contributed by atoms with Gasteiger partial charge in [-0.15, -0.1) is 11.3 Å². The third-order valence-electron chi connectivity index (χ3n) is 2.27. The maximum atomic E-state index is 5.07. The van der Waals surface area contributed by atoms with Crippen LogP contribution in [0.25, 0.3) is 0 Å². The zero-order valence-corrected chi connectivity index (χ0v) is 11.5. The number of ether oxygens (including phenoxy) is 1. The summed E-state index contributed by atoms with van der Waals surface area (Å²) >= 11 is 1.78. The summed E-state index contributed by atoms with van der Waals surface area (Å²) in [5, 5.41) is 8.65. The van der Waals surface area contributed by atoms with Crippen molar-refractivity contribution in [2.75, 3.05) is 27.3 Å². The van der Waals surface area contributed by atoms with Crippen molar-refractivity contribution in [3.8, 4) is 0 Å². The van der Waals surface area contributed by atoms with Gasteiger partial charge in [0.2, 0.25) is 0 Å². The maximum Gasteiger partial charge on any atom is 0.191 e. The van der Waals surface area contributed by atoms with Crippen molar-refractivity contribution in [2.45, 2.75) is 19.4 Å². The Morgan fingerprint density at radius 2 is 2.41 bits per heavy atom. The normalized spacial score (nSPS) is 13.5. The second kappa shape index (κ2) is 8.08. The van der Waals surface area contributed by atoms with Crippen molar-refractivity contribution in [1.29, 1.82) is 0 Å². The number of nitrogens with one attached hydrogen (secondary N) is 2. The molecule has 0 amide bonds. The van der Waals surface area contributed by atoms with E-state index in [1.54, 1.807) is 25.5 Å². The fourth-order valence-corrected chi connectivity index (χ4v) is 2.19. The van der Waals surface area contributed by atoms with Gasteiger partial charge in [0, 0.05) is 31.6 Å². The molecule has 1 heterocycles. The zero-order chi connectivity index (χ0) is 12.5. The van der Waals surface area contributed by atoms with Crippen molar-refractivity contribution in [1.82, 2.24) is 10.6 Å². The Morgan fingerprint density at radius 1 is 1.59 bits per heavy atom. The van der Waals surface area contributed by atoms with E-state index >= 15 is 0 Å². The van der Waals surface area contributed by atoms with Gasteiger partial charge in [-0.05, 0) is 24.8 Å². The Hall–Kier alpha value is -1.07. The van der Waals surface area contributed by atoms with E-state index in [2.05, 4.69) is 40.1 Å². The topological polar surface area (TPSA) is 45.7 Å². The summed E-state index contributed by atoms with van der Waals surface area (Å²) in [6.07, 6.45) is 1.02. The van der Waals surface area contributed by atoms with Crippen molar-refractivity contribution >= 4 is 17.3 Å². The lowest BCUT2D eigenvalue weighted by atomic mass is 10.3. The summed E-state index contributed by atoms with van der Waals surface area (Å²) in [5.74, 6) is 0.825. The second-order valence-electron chi connectivity index (χ2n) is 3.83. The van der Waals surface area contributed by atoms with Gasteiger partial charge in [-0.1, -0.05) is 6.07 Å². The van der Waals surface area contributed by atoms with Crippen LogP contribution in [0.1, 0.15) is 11.8 Å². The van der Waals surface area contributed by atoms with Crippen LogP contribution in [0.3, 0.4) is 0 Å². The van der Waals surface area contributed by atoms with Gasteiger partial charge in [-0.3, -0.25) is 4.99 Å². The first-order valence-electron chi connectivity index (χ1n) is 5.74. The van der Waals surface area contributed by atoms with E-state index in [4.69, 9.17) is 4.74 Å². The zero-order valence-electron chi connectivity index (χ0n) is 10.7. The van der Waals surface area contributed by atoms with Crippen molar-refractivity contribution in [3.63, 3.8) is 0 Å². The van der Waals surface area contributed by atoms with Crippen LogP contribution >= 0.6 is 11.3 Å². The summed E-state index contributed by atoms with van der Waals surface area (Å²) in [4.78, 5) is 5.56. The molecule has 4 nitrogen and oxygen atoms in total. The molecule has 1 atom stereocenters. The number of guanidine groups is 1. The SMILES string of the molecule is CN=C(NCCc1cccs1)NC(C)COC. The number of hydrogen-bond donors (Lipinski definition) is 2. The molecule has 0 aliphatic carbocycles. The molecule has 1 rings (SSSR count). The molecule has 1 unspecified atom stereocenters. The summed E-state index contributed by atoms with van der Waals surface area (Å²) in [6, 6.07) is 4.48. The number of rotatable bonds is 6. The van der Waals surface area contributed by atoms with E-state index in [1.807, 2.05) is 0 Å². The Morgan fingerprint density at radius 3 is 3.00 bits per heavy atom. The lowest BCUT2D eigenvalue weighted by molar-refractivity contribution is 0.179. The van der Waals surface area contributed by atoms with Crippen LogP contribution < -0.4 is 10.6 Å². The minimum absolute atomic E-state index is 0.257. The molecule has 1 aromatic rings. The number of methoxy groups -OCH3 is 1. The number of nitrogens with zero attached hydrogens (tertiary/aromatic N) is 1. The van der Waals surface area contributed by atoms with Gasteiger partial charge in [0.25, 0.3) is 0 Å². The molecule has 0 aromatic carbocycles. The molecule has 0 bridgehead atoms. The first-order chi connectivity index (χ1) is 8.26. The number of aliphatic imine (C=N–C) groups is 1. The van der Waals surface area contributed by atoms with Crippen molar-refractivity contribution in [3.05, 3.63) is 22.4 Å². The lowest BCUT2D eigenvalue weighted by Gasteiger charge is -2.16. The highest BCUT2D eigenvalue weighted by molar-refractivity contribution is 7.09. The average molecular weight is 255 g/mol. The van der Waals surface area contributed by atoms with E-state index in [1.165, 1.54) is 4.88 Å². The van der Waals surface area contributed by atoms with Gasteiger partial charge in [0.15, 0.2) is 5.96 Å². The van der Waals surface area contributed by atoms with Crippen molar-refractivity contribution in [2.24, 2.45) is 4.99 Å². The van der Waals surface area contributed by atoms with Gasteiger partial charge >= 0.3 is 0 Å². The largest absolute Gasteiger partial charge is 0.383 e. The predicted molar refractivity (Wildman–Crippen MR) is 73.9 cm³/mol. The lowest BCUT2D eigenvalue weighted by Crippen LogP contribution is -2.44. The quantitative estimate of drug-likeness (QED) is 0.598. The van der Waals surface area contributed by atoms with Crippen LogP contribution in [0.5, 0.6) is 0 Å². The molecule has 0 saturated heterocycles. The van der Waals surface area contributed by atoms with E-state index in [0.717, 1.165) is 18.9 Å². The summed E-state index contributed by atoms with van der Waals surface area (Å²) in [6.45, 7) is 3.63. The first-order valence-corrected chi connectivity index (χ1v) is 6.62. The molecule has 96 valence electrons. The number of hydrogen-bond acceptors (Lipinski definition) is 3. The van der Waals surface area contributed by atoms with Gasteiger partial charge in [-0.2, -0.15) is 0 Å². The second-order valence-corrected chi connectivity index (χ2v) is 4.86. The Kier molecular flexibility index (Phi) is 6.65. The molecule has 0 aliphatic heterocycles. The molecule has 0 fully saturated rings. The maximum absolute atomic E-state index is 5.07. The van der Waals surface area contributed by atoms with Crippen LogP contribution in [0.2, 0.25) is 0 Å². The molecule has 0 saturated carbocycles. The van der Waals surface area contributed by atoms with E-state index in [-0.39, 0.29) is 6.04 Å². The third kappa shape index (κ3) is 5.70. The third-order valence-corrected chi connectivity index (χ3v) is 3.20. The monoisotopic (exact) mass is 255 g/mol. The molecule has 5 heteroatoms. The molecule has 17 heavy (non-hydrogen) atoms. The average Bonchev–Trinajstić information content (AvgIpc) is 2.81. The predicted octanol–water partition coefficient (Wildman–Crippen LogP) is 1.49. The van der Waals surface area contributed by atoms with Gasteiger partial charge in [0.05, 0.1) is 6.61 Å². The highest BCUT2D eigenvalue weighted by Gasteiger charge is 2.03. The van der Waals surface area contributed by atoms with E-state index in [9.17, 15) is 0 Å². The Balaban J connectivity index is 2.23. The van der Waals surface area contributed by atoms with E-state index < -0.39 is 0 Å². The number of thiophene rings is 1. The van der Waals surface area contributed by atoms with Gasteiger partial charge < -0.3 is 15.4 Å². The molecule has 2 N–H and O–H groups in total. The van der Waals surface area contributed by atoms with Gasteiger partial charge in [0.1, 0.15) is 0 Å². The fourth-order valence-electron chi connectivity index (χ4n) is 1.48. The summed E-state index contributed by atoms with van der Waals surface area (Å²) in [7, 11) is 3.48. The van der Waals surface area contributed by atoms with Crippen molar-refractivity contribution < 1.29 is 4.74 Å². The van der Waals surface area contributed by atoms with Crippen LogP contribution in [0.15, 0.2) is 22.5 Å². The van der Waals surface area contributed by atoms with Crippen LogP contribution in [0, 0.1) is 0 Å². The van der Waals surface area contributed by atoms with Gasteiger partial charge in [-0.25, -0.2) is 0 Å². The van der Waals surface area contributed by atoms with E-state index in [0.29, 0.717) is 6.61 Å². The first kappa shape index (κ1) is 14.0. The standard InChI is InChI=1S/C12H21N3OS/c1-10(9-16-3)15-12(13-2)14-7-6-11-5-4-8-17-11/h4-5,8,10H,6-7,9H2,1-3H3,(H2,13,14,15). The smallest absolute Gasteiger partial charge is 0.191 e. The summed E-state index contributed by atoms with van der Waals surface area (Å²) < 4.78 is 5.07. The molecule has 0 radical (unpaired) electrons. The molecule has 0 aliphatic rings. The summed E-state index contributed by atoms with van der Waals surface area (Å²) in [5.41, 5.74) is 0. The molecular weight excluding hydrogens is 234 g/mol. The minimum Gasteiger partial charge on any atom is -0.383 e. The fraction of sp³-hybridized carbons (Fsp3) is 0.583. The van der Waals surface area contributed by atoms with Crippen LogP contribution in [-0.4, -0.2) is 39.3 Å². The molecule has 0 spiro atoms. The van der Waals surface area contributed by atoms with Crippen LogP contribution in [-0.2, 0) is 11.2 Å². The Bertz CT molecular complexity index is 325. The molecular formula is C12H21N3OS. The highest BCUT2D eigenvalue weighted by Crippen LogP contribution is 2.07.